The zero-order chi connectivity index (χ0) is 15.4. The van der Waals surface area contributed by atoms with Crippen molar-refractivity contribution in [3.05, 3.63) is 48.0 Å². The van der Waals surface area contributed by atoms with Gasteiger partial charge in [-0.1, -0.05) is 42.5 Å². The molecule has 0 spiro atoms. The summed E-state index contributed by atoms with van der Waals surface area (Å²) in [4.78, 5) is 3.26. The van der Waals surface area contributed by atoms with Crippen LogP contribution in [0.5, 0.6) is 0 Å². The zero-order valence-corrected chi connectivity index (χ0v) is 13.3. The summed E-state index contributed by atoms with van der Waals surface area (Å²) in [5.41, 5.74) is 1.46. The van der Waals surface area contributed by atoms with Crippen LogP contribution in [0.15, 0.2) is 42.5 Å². The predicted molar refractivity (Wildman–Crippen MR) is 88.7 cm³/mol. The van der Waals surface area contributed by atoms with Crippen LogP contribution in [0.25, 0.3) is 10.8 Å². The Kier molecular flexibility index (Phi) is 4.72. The Hall–Kier alpha value is -1.89. The van der Waals surface area contributed by atoms with E-state index in [2.05, 4.69) is 48.5 Å². The summed E-state index contributed by atoms with van der Waals surface area (Å²) in [5, 5.41) is 11.7. The minimum absolute atomic E-state index is 0.176. The minimum atomic E-state index is 0.176. The number of hydrogen-bond acceptors (Lipinski definition) is 1. The maximum absolute atomic E-state index is 8.94. The van der Waals surface area contributed by atoms with Gasteiger partial charge in [-0.15, -0.1) is 0 Å². The van der Waals surface area contributed by atoms with Crippen LogP contribution >= 0.6 is 0 Å². The summed E-state index contributed by atoms with van der Waals surface area (Å²) >= 11 is 0. The molecule has 0 bridgehead atoms. The second-order valence-electron chi connectivity index (χ2n) is 6.55. The van der Waals surface area contributed by atoms with Crippen molar-refractivity contribution in [1.82, 2.24) is 0 Å². The molecule has 2 N–H and O–H groups in total. The maximum Gasteiger partial charge on any atom is 0.127 e. The van der Waals surface area contributed by atoms with E-state index in [9.17, 15) is 0 Å². The van der Waals surface area contributed by atoms with E-state index in [0.717, 1.165) is 13.1 Å². The number of quaternary nitrogens is 2. The molecular formula is C19H25N3+2. The number of nitriles is 1. The van der Waals surface area contributed by atoms with E-state index < -0.39 is 0 Å². The maximum atomic E-state index is 8.94. The standard InChI is InChI=1S/C19H23N3/c1-16(13-20)14-21-9-11-22(12-10-21)15-18-7-4-6-17-5-2-3-8-19(17)18/h2-8,16H,9-12,14-15H2,1H3/p+2/t16-/m1/s1. The van der Waals surface area contributed by atoms with Gasteiger partial charge in [0.15, 0.2) is 0 Å². The number of nitrogens with zero attached hydrogens (tertiary/aromatic N) is 1. The quantitative estimate of drug-likeness (QED) is 0.835. The second-order valence-corrected chi connectivity index (χ2v) is 6.55. The third kappa shape index (κ3) is 3.47. The van der Waals surface area contributed by atoms with Crippen molar-refractivity contribution < 1.29 is 9.80 Å². The molecule has 0 unspecified atom stereocenters. The lowest BCUT2D eigenvalue weighted by atomic mass is 10.0. The molecular weight excluding hydrogens is 270 g/mol. The Morgan fingerprint density at radius 2 is 1.68 bits per heavy atom. The molecule has 114 valence electrons. The van der Waals surface area contributed by atoms with Gasteiger partial charge in [0, 0.05) is 5.56 Å². The van der Waals surface area contributed by atoms with Crippen LogP contribution < -0.4 is 9.80 Å². The van der Waals surface area contributed by atoms with E-state index in [-0.39, 0.29) is 5.92 Å². The molecule has 3 nitrogen and oxygen atoms in total. The van der Waals surface area contributed by atoms with Gasteiger partial charge in [0.25, 0.3) is 0 Å². The van der Waals surface area contributed by atoms with Gasteiger partial charge >= 0.3 is 0 Å². The van der Waals surface area contributed by atoms with Crippen molar-refractivity contribution >= 4 is 10.8 Å². The highest BCUT2D eigenvalue weighted by molar-refractivity contribution is 5.85. The molecule has 1 heterocycles. The molecule has 22 heavy (non-hydrogen) atoms. The second kappa shape index (κ2) is 6.91. The molecule has 0 radical (unpaired) electrons. The van der Waals surface area contributed by atoms with E-state index in [1.165, 1.54) is 42.5 Å². The molecule has 1 aliphatic heterocycles. The van der Waals surface area contributed by atoms with Gasteiger partial charge in [0.2, 0.25) is 0 Å². The minimum Gasteiger partial charge on any atom is -0.325 e. The molecule has 1 atom stereocenters. The van der Waals surface area contributed by atoms with Crippen LogP contribution in [0.3, 0.4) is 0 Å². The normalized spacial score (nSPS) is 23.1. The first kappa shape index (κ1) is 15.0. The summed E-state index contributed by atoms with van der Waals surface area (Å²) in [5.74, 6) is 0.176. The molecule has 0 saturated carbocycles. The van der Waals surface area contributed by atoms with Gasteiger partial charge in [-0.3, -0.25) is 0 Å². The first-order valence-corrected chi connectivity index (χ1v) is 8.29. The van der Waals surface area contributed by atoms with E-state index in [0.29, 0.717) is 0 Å². The molecule has 1 fully saturated rings. The SMILES string of the molecule is C[C@H](C#N)C[NH+]1CC[NH+](Cc2cccc3ccccc23)CC1. The number of hydrogen-bond donors (Lipinski definition) is 2. The van der Waals surface area contributed by atoms with Crippen LogP contribution in [0.4, 0.5) is 0 Å². The summed E-state index contributed by atoms with van der Waals surface area (Å²) in [7, 11) is 0. The molecule has 0 aromatic heterocycles. The zero-order valence-electron chi connectivity index (χ0n) is 13.3. The predicted octanol–water partition coefficient (Wildman–Crippen LogP) is 0.283. The Morgan fingerprint density at radius 1 is 1.00 bits per heavy atom. The summed E-state index contributed by atoms with van der Waals surface area (Å²) in [6, 6.07) is 17.7. The van der Waals surface area contributed by atoms with Gasteiger partial charge in [-0.25, -0.2) is 0 Å². The van der Waals surface area contributed by atoms with Crippen LogP contribution in [0.1, 0.15) is 12.5 Å². The number of benzene rings is 2. The third-order valence-electron chi connectivity index (χ3n) is 4.80. The van der Waals surface area contributed by atoms with Crippen molar-refractivity contribution in [2.45, 2.75) is 13.5 Å². The largest absolute Gasteiger partial charge is 0.325 e. The van der Waals surface area contributed by atoms with Crippen LogP contribution in [-0.2, 0) is 6.54 Å². The first-order chi connectivity index (χ1) is 10.8. The number of fused-ring (bicyclic) bond motifs is 1. The fourth-order valence-electron chi connectivity index (χ4n) is 3.53. The number of rotatable bonds is 4. The van der Waals surface area contributed by atoms with Gasteiger partial charge < -0.3 is 9.80 Å². The topological polar surface area (TPSA) is 32.7 Å². The summed E-state index contributed by atoms with van der Waals surface area (Å²) in [6.07, 6.45) is 0. The molecule has 3 heteroatoms. The van der Waals surface area contributed by atoms with Crippen molar-refractivity contribution in [2.75, 3.05) is 32.7 Å². The van der Waals surface area contributed by atoms with Crippen LogP contribution in [0, 0.1) is 17.2 Å². The average Bonchev–Trinajstić information content (AvgIpc) is 2.57. The number of piperazine rings is 1. The van der Waals surface area contributed by atoms with Crippen LogP contribution in [0.2, 0.25) is 0 Å². The molecule has 2 aromatic rings. The fourth-order valence-corrected chi connectivity index (χ4v) is 3.53. The third-order valence-corrected chi connectivity index (χ3v) is 4.80. The average molecular weight is 295 g/mol. The van der Waals surface area contributed by atoms with Crippen molar-refractivity contribution in [3.8, 4) is 6.07 Å². The molecule has 1 aliphatic rings. The molecule has 0 aliphatic carbocycles. The van der Waals surface area contributed by atoms with Crippen LogP contribution in [-0.4, -0.2) is 32.7 Å². The van der Waals surface area contributed by atoms with E-state index in [1.807, 2.05) is 6.92 Å². The highest BCUT2D eigenvalue weighted by atomic mass is 15.3. The highest BCUT2D eigenvalue weighted by Gasteiger charge is 2.24. The van der Waals surface area contributed by atoms with Gasteiger partial charge in [0.1, 0.15) is 32.7 Å². The molecule has 1 saturated heterocycles. The first-order valence-electron chi connectivity index (χ1n) is 8.29. The van der Waals surface area contributed by atoms with Crippen molar-refractivity contribution in [2.24, 2.45) is 5.92 Å². The monoisotopic (exact) mass is 295 g/mol. The lowest BCUT2D eigenvalue weighted by Crippen LogP contribution is -3.27. The molecule has 3 rings (SSSR count). The Morgan fingerprint density at radius 3 is 2.45 bits per heavy atom. The Labute approximate surface area is 132 Å². The smallest absolute Gasteiger partial charge is 0.127 e. The number of nitrogens with one attached hydrogen (secondary N) is 2. The molecule has 2 aromatic carbocycles. The fraction of sp³-hybridized carbons (Fsp3) is 0.421. The van der Waals surface area contributed by atoms with Gasteiger partial charge in [-0.2, -0.15) is 5.26 Å². The van der Waals surface area contributed by atoms with E-state index in [1.54, 1.807) is 9.80 Å². The summed E-state index contributed by atoms with van der Waals surface area (Å²) in [6.45, 7) is 8.93. The van der Waals surface area contributed by atoms with E-state index in [4.69, 9.17) is 5.26 Å². The van der Waals surface area contributed by atoms with Gasteiger partial charge in [0.05, 0.1) is 18.5 Å². The van der Waals surface area contributed by atoms with E-state index >= 15 is 0 Å². The molecule has 0 amide bonds. The lowest BCUT2D eigenvalue weighted by molar-refractivity contribution is -1.02. The lowest BCUT2D eigenvalue weighted by Gasteiger charge is -2.30. The highest BCUT2D eigenvalue weighted by Crippen LogP contribution is 2.17. The summed E-state index contributed by atoms with van der Waals surface area (Å²) < 4.78 is 0. The Balaban J connectivity index is 1.62. The van der Waals surface area contributed by atoms with Crippen molar-refractivity contribution in [3.63, 3.8) is 0 Å². The van der Waals surface area contributed by atoms with Crippen molar-refractivity contribution in [1.29, 1.82) is 5.26 Å². The van der Waals surface area contributed by atoms with Gasteiger partial charge in [-0.05, 0) is 17.7 Å². The Bertz CT molecular complexity index is 660.